The number of nitrogens with zero attached hydrogens (tertiary/aromatic N) is 2. The van der Waals surface area contributed by atoms with Crippen LogP contribution in [0.2, 0.25) is 0 Å². The van der Waals surface area contributed by atoms with E-state index < -0.39 is 0 Å². The summed E-state index contributed by atoms with van der Waals surface area (Å²) in [7, 11) is 0. The van der Waals surface area contributed by atoms with E-state index >= 15 is 0 Å². The Kier molecular flexibility index (Phi) is 4.26. The van der Waals surface area contributed by atoms with Crippen LogP contribution in [0.4, 0.5) is 0 Å². The van der Waals surface area contributed by atoms with Gasteiger partial charge in [0.2, 0.25) is 0 Å². The molecule has 2 heterocycles. The molecule has 0 unspecified atom stereocenters. The summed E-state index contributed by atoms with van der Waals surface area (Å²) >= 11 is 0. The van der Waals surface area contributed by atoms with Gasteiger partial charge < -0.3 is 9.13 Å². The Morgan fingerprint density at radius 3 is 1.11 bits per heavy atom. The first-order chi connectivity index (χ1) is 13.2. The summed E-state index contributed by atoms with van der Waals surface area (Å²) < 4.78 is 4.53. The Morgan fingerprint density at radius 1 is 0.500 bits per heavy atom. The molecule has 0 spiro atoms. The maximum atomic E-state index is 2.32. The van der Waals surface area contributed by atoms with Crippen molar-refractivity contribution < 1.29 is 0 Å². The molecule has 2 aromatic heterocycles. The van der Waals surface area contributed by atoms with Crippen LogP contribution in [0.3, 0.4) is 0 Å². The molecule has 0 aliphatic rings. The van der Waals surface area contributed by atoms with Crippen molar-refractivity contribution in [3.05, 3.63) is 84.4 Å². The highest BCUT2D eigenvalue weighted by Crippen LogP contribution is 2.40. The van der Waals surface area contributed by atoms with E-state index in [1.165, 1.54) is 33.3 Å². The second kappa shape index (κ2) is 6.41. The van der Waals surface area contributed by atoms with Crippen molar-refractivity contribution in [2.75, 3.05) is 0 Å². The summed E-state index contributed by atoms with van der Waals surface area (Å²) in [6.07, 6.45) is 8.60. The van der Waals surface area contributed by atoms with Gasteiger partial charge in [-0.3, -0.25) is 0 Å². The van der Waals surface area contributed by atoms with E-state index in [1.54, 1.807) is 0 Å². The van der Waals surface area contributed by atoms with Gasteiger partial charge in [0, 0.05) is 35.6 Å². The SMILES string of the molecule is CC(C)(C)c1ccc2c(-n3cccc3)c(C(C)(C)C)ccc2c1-n1cccc1. The Hall–Kier alpha value is -2.74. The summed E-state index contributed by atoms with van der Waals surface area (Å²) in [6.45, 7) is 13.7. The molecule has 0 bridgehead atoms. The van der Waals surface area contributed by atoms with E-state index in [2.05, 4.69) is 124 Å². The maximum Gasteiger partial charge on any atom is 0.0565 e. The third-order valence-electron chi connectivity index (χ3n) is 5.49. The molecule has 0 N–H and O–H groups in total. The molecular weight excluding hydrogens is 340 g/mol. The van der Waals surface area contributed by atoms with E-state index in [-0.39, 0.29) is 10.8 Å². The van der Waals surface area contributed by atoms with Gasteiger partial charge in [-0.15, -0.1) is 0 Å². The van der Waals surface area contributed by atoms with Crippen LogP contribution in [-0.2, 0) is 10.8 Å². The molecule has 0 fully saturated rings. The van der Waals surface area contributed by atoms with Gasteiger partial charge in [-0.1, -0.05) is 65.8 Å². The van der Waals surface area contributed by atoms with Gasteiger partial charge in [0.1, 0.15) is 0 Å². The van der Waals surface area contributed by atoms with Gasteiger partial charge in [0.05, 0.1) is 11.4 Å². The predicted molar refractivity (Wildman–Crippen MR) is 120 cm³/mol. The predicted octanol–water partition coefficient (Wildman–Crippen LogP) is 7.02. The van der Waals surface area contributed by atoms with Crippen molar-refractivity contribution >= 4 is 10.8 Å². The second-order valence-electron chi connectivity index (χ2n) is 9.70. The zero-order valence-corrected chi connectivity index (χ0v) is 17.8. The first-order valence-electron chi connectivity index (χ1n) is 10.1. The largest absolute Gasteiger partial charge is 0.323 e. The van der Waals surface area contributed by atoms with Crippen molar-refractivity contribution in [1.82, 2.24) is 9.13 Å². The van der Waals surface area contributed by atoms with Crippen LogP contribution in [-0.4, -0.2) is 9.13 Å². The molecule has 4 aromatic rings. The molecule has 0 amide bonds. The summed E-state index contributed by atoms with van der Waals surface area (Å²) in [5.74, 6) is 0. The number of fused-ring (bicyclic) bond motifs is 1. The molecule has 2 nitrogen and oxygen atoms in total. The summed E-state index contributed by atoms with van der Waals surface area (Å²) in [5, 5.41) is 2.58. The van der Waals surface area contributed by atoms with Gasteiger partial charge in [-0.25, -0.2) is 0 Å². The zero-order chi connectivity index (χ0) is 20.1. The third-order valence-corrected chi connectivity index (χ3v) is 5.49. The Balaban J connectivity index is 2.16. The monoisotopic (exact) mass is 370 g/mol. The molecule has 28 heavy (non-hydrogen) atoms. The lowest BCUT2D eigenvalue weighted by molar-refractivity contribution is 0.585. The van der Waals surface area contributed by atoms with E-state index in [4.69, 9.17) is 0 Å². The fourth-order valence-corrected chi connectivity index (χ4v) is 4.11. The quantitative estimate of drug-likeness (QED) is 0.359. The van der Waals surface area contributed by atoms with Crippen molar-refractivity contribution in [2.24, 2.45) is 0 Å². The number of rotatable bonds is 2. The Morgan fingerprint density at radius 2 is 0.821 bits per heavy atom. The molecule has 0 atom stereocenters. The lowest BCUT2D eigenvalue weighted by atomic mass is 9.81. The maximum absolute atomic E-state index is 2.32. The molecular formula is C26H30N2. The molecule has 0 saturated heterocycles. The molecule has 0 saturated carbocycles. The highest BCUT2D eigenvalue weighted by Gasteiger charge is 2.25. The minimum absolute atomic E-state index is 0.0596. The van der Waals surface area contributed by atoms with Crippen LogP contribution < -0.4 is 0 Å². The summed E-state index contributed by atoms with van der Waals surface area (Å²) in [6, 6.07) is 17.7. The zero-order valence-electron chi connectivity index (χ0n) is 17.8. The summed E-state index contributed by atoms with van der Waals surface area (Å²) in [5.41, 5.74) is 5.40. The minimum atomic E-state index is 0.0596. The average Bonchev–Trinajstić information content (AvgIpc) is 3.31. The normalized spacial score (nSPS) is 12.6. The van der Waals surface area contributed by atoms with Crippen LogP contribution in [0, 0.1) is 0 Å². The second-order valence-corrected chi connectivity index (χ2v) is 9.70. The van der Waals surface area contributed by atoms with Gasteiger partial charge >= 0.3 is 0 Å². The van der Waals surface area contributed by atoms with Gasteiger partial charge in [-0.2, -0.15) is 0 Å². The fraction of sp³-hybridized carbons (Fsp3) is 0.308. The first kappa shape index (κ1) is 18.6. The standard InChI is InChI=1S/C26H30N2/c1-25(2,3)21-13-11-20-19(23(21)27-15-7-8-16-27)12-14-22(26(4,5)6)24(20)28-17-9-10-18-28/h7-18H,1-6H3. The van der Waals surface area contributed by atoms with Gasteiger partial charge in [-0.05, 0) is 46.2 Å². The minimum Gasteiger partial charge on any atom is -0.323 e. The molecule has 2 aromatic carbocycles. The van der Waals surface area contributed by atoms with Crippen LogP contribution in [0.5, 0.6) is 0 Å². The molecule has 0 aliphatic heterocycles. The van der Waals surface area contributed by atoms with Crippen molar-refractivity contribution in [3.63, 3.8) is 0 Å². The lowest BCUT2D eigenvalue weighted by Crippen LogP contribution is -2.17. The number of aromatic nitrogens is 2. The van der Waals surface area contributed by atoms with Crippen molar-refractivity contribution in [1.29, 1.82) is 0 Å². The Bertz CT molecular complexity index is 1010. The topological polar surface area (TPSA) is 9.86 Å². The van der Waals surface area contributed by atoms with Gasteiger partial charge in [0.15, 0.2) is 0 Å². The van der Waals surface area contributed by atoms with Gasteiger partial charge in [0.25, 0.3) is 0 Å². The number of hydrogen-bond donors (Lipinski definition) is 0. The van der Waals surface area contributed by atoms with E-state index in [0.29, 0.717) is 0 Å². The van der Waals surface area contributed by atoms with Crippen LogP contribution in [0.1, 0.15) is 52.7 Å². The average molecular weight is 371 g/mol. The molecule has 144 valence electrons. The van der Waals surface area contributed by atoms with E-state index in [0.717, 1.165) is 0 Å². The van der Waals surface area contributed by atoms with Crippen molar-refractivity contribution in [3.8, 4) is 11.4 Å². The van der Waals surface area contributed by atoms with Crippen LogP contribution in [0.15, 0.2) is 73.3 Å². The first-order valence-corrected chi connectivity index (χ1v) is 10.1. The van der Waals surface area contributed by atoms with Crippen LogP contribution >= 0.6 is 0 Å². The number of hydrogen-bond acceptors (Lipinski definition) is 0. The third kappa shape index (κ3) is 3.07. The molecule has 0 aliphatic carbocycles. The van der Waals surface area contributed by atoms with Crippen LogP contribution in [0.25, 0.3) is 22.1 Å². The molecule has 0 radical (unpaired) electrons. The molecule has 4 rings (SSSR count). The van der Waals surface area contributed by atoms with E-state index in [1.807, 2.05) is 0 Å². The summed E-state index contributed by atoms with van der Waals surface area (Å²) in [4.78, 5) is 0. The smallest absolute Gasteiger partial charge is 0.0565 e. The highest BCUT2D eigenvalue weighted by atomic mass is 15.0. The van der Waals surface area contributed by atoms with E-state index in [9.17, 15) is 0 Å². The number of benzene rings is 2. The Labute approximate surface area is 168 Å². The molecule has 2 heteroatoms. The highest BCUT2D eigenvalue weighted by molar-refractivity contribution is 5.98. The fourth-order valence-electron chi connectivity index (χ4n) is 4.11. The van der Waals surface area contributed by atoms with Crippen molar-refractivity contribution in [2.45, 2.75) is 52.4 Å². The lowest BCUT2D eigenvalue weighted by Gasteiger charge is -2.28.